The first-order chi connectivity index (χ1) is 12.2. The summed E-state index contributed by atoms with van der Waals surface area (Å²) in [4.78, 5) is 4.66. The van der Waals surface area contributed by atoms with Crippen LogP contribution in [-0.4, -0.2) is 4.98 Å². The molecule has 0 bridgehead atoms. The minimum Gasteiger partial charge on any atom is -0.235 e. The Bertz CT molecular complexity index is 910. The molecule has 2 nitrogen and oxygen atoms in total. The SMILES string of the molecule is CCc1ccc(C=C(C#N)c2nc(-c3ccc(CC)cc3)cs2)cc1. The molecule has 3 aromatic rings. The van der Waals surface area contributed by atoms with Crippen molar-refractivity contribution < 1.29 is 0 Å². The molecule has 0 aliphatic rings. The molecule has 2 aromatic carbocycles. The molecule has 0 aliphatic heterocycles. The Hall–Kier alpha value is -2.70. The molecule has 25 heavy (non-hydrogen) atoms. The maximum absolute atomic E-state index is 9.54. The minimum atomic E-state index is 0.602. The zero-order chi connectivity index (χ0) is 17.6. The molecule has 0 fully saturated rings. The number of aryl methyl sites for hydroxylation is 2. The monoisotopic (exact) mass is 344 g/mol. The molecule has 1 aromatic heterocycles. The van der Waals surface area contributed by atoms with Crippen molar-refractivity contribution in [1.29, 1.82) is 5.26 Å². The Kier molecular flexibility index (Phi) is 5.42. The van der Waals surface area contributed by atoms with Crippen molar-refractivity contribution in [3.8, 4) is 17.3 Å². The quantitative estimate of drug-likeness (QED) is 0.532. The molecule has 0 radical (unpaired) electrons. The second kappa shape index (κ2) is 7.92. The fourth-order valence-corrected chi connectivity index (χ4v) is 3.39. The molecule has 0 aliphatic carbocycles. The van der Waals surface area contributed by atoms with Gasteiger partial charge in [-0.05, 0) is 35.6 Å². The van der Waals surface area contributed by atoms with E-state index in [4.69, 9.17) is 0 Å². The summed E-state index contributed by atoms with van der Waals surface area (Å²) in [7, 11) is 0. The molecule has 0 amide bonds. The van der Waals surface area contributed by atoms with Crippen LogP contribution in [0.25, 0.3) is 22.9 Å². The molecule has 1 heterocycles. The molecule has 3 heteroatoms. The van der Waals surface area contributed by atoms with Gasteiger partial charge in [0.05, 0.1) is 11.3 Å². The van der Waals surface area contributed by atoms with Gasteiger partial charge in [0.15, 0.2) is 0 Å². The lowest BCUT2D eigenvalue weighted by Gasteiger charge is -2.00. The summed E-state index contributed by atoms with van der Waals surface area (Å²) < 4.78 is 0. The highest BCUT2D eigenvalue weighted by Crippen LogP contribution is 2.27. The molecule has 0 saturated carbocycles. The Labute approximate surface area is 153 Å². The third-order valence-corrected chi connectivity index (χ3v) is 5.09. The number of hydrogen-bond donors (Lipinski definition) is 0. The van der Waals surface area contributed by atoms with Crippen molar-refractivity contribution >= 4 is 23.0 Å². The number of thiazole rings is 1. The molecule has 0 N–H and O–H groups in total. The second-order valence-corrected chi connectivity index (χ2v) is 6.71. The van der Waals surface area contributed by atoms with Crippen molar-refractivity contribution in [2.75, 3.05) is 0 Å². The number of nitrogens with zero attached hydrogens (tertiary/aromatic N) is 2. The zero-order valence-electron chi connectivity index (χ0n) is 14.5. The van der Waals surface area contributed by atoms with Crippen molar-refractivity contribution in [1.82, 2.24) is 4.98 Å². The van der Waals surface area contributed by atoms with E-state index in [-0.39, 0.29) is 0 Å². The first kappa shape index (κ1) is 17.1. The first-order valence-corrected chi connectivity index (χ1v) is 9.37. The molecule has 124 valence electrons. The molecule has 0 atom stereocenters. The largest absolute Gasteiger partial charge is 0.235 e. The van der Waals surface area contributed by atoms with Gasteiger partial charge in [-0.25, -0.2) is 4.98 Å². The van der Waals surface area contributed by atoms with E-state index in [1.165, 1.54) is 22.5 Å². The van der Waals surface area contributed by atoms with E-state index in [2.05, 4.69) is 61.3 Å². The highest BCUT2D eigenvalue weighted by atomic mass is 32.1. The van der Waals surface area contributed by atoms with Gasteiger partial charge in [0, 0.05) is 10.9 Å². The van der Waals surface area contributed by atoms with E-state index in [1.54, 1.807) is 0 Å². The molecule has 3 rings (SSSR count). The van der Waals surface area contributed by atoms with Crippen LogP contribution in [-0.2, 0) is 12.8 Å². The lowest BCUT2D eigenvalue weighted by molar-refractivity contribution is 1.14. The minimum absolute atomic E-state index is 0.602. The van der Waals surface area contributed by atoms with Gasteiger partial charge < -0.3 is 0 Å². The highest BCUT2D eigenvalue weighted by Gasteiger charge is 2.09. The van der Waals surface area contributed by atoms with Crippen LogP contribution in [0.1, 0.15) is 35.5 Å². The maximum Gasteiger partial charge on any atom is 0.134 e. The number of hydrogen-bond acceptors (Lipinski definition) is 3. The fraction of sp³-hybridized carbons (Fsp3) is 0.182. The summed E-state index contributed by atoms with van der Waals surface area (Å²) in [5.41, 5.74) is 6.24. The van der Waals surface area contributed by atoms with E-state index in [0.717, 1.165) is 34.7 Å². The van der Waals surface area contributed by atoms with Gasteiger partial charge in [-0.2, -0.15) is 5.26 Å². The number of nitriles is 1. The van der Waals surface area contributed by atoms with Crippen LogP contribution in [0.2, 0.25) is 0 Å². The normalized spacial score (nSPS) is 11.3. The van der Waals surface area contributed by atoms with Crippen molar-refractivity contribution in [3.05, 3.63) is 75.6 Å². The Morgan fingerprint density at radius 1 is 1.00 bits per heavy atom. The van der Waals surface area contributed by atoms with E-state index >= 15 is 0 Å². The van der Waals surface area contributed by atoms with Crippen LogP contribution in [0.4, 0.5) is 0 Å². The lowest BCUT2D eigenvalue weighted by Crippen LogP contribution is -1.85. The molecular weight excluding hydrogens is 324 g/mol. The summed E-state index contributed by atoms with van der Waals surface area (Å²) in [6.45, 7) is 4.28. The average molecular weight is 344 g/mol. The number of allylic oxidation sites excluding steroid dienone is 1. The molecule has 0 spiro atoms. The number of aromatic nitrogens is 1. The van der Waals surface area contributed by atoms with E-state index < -0.39 is 0 Å². The third kappa shape index (κ3) is 4.04. The topological polar surface area (TPSA) is 36.7 Å². The van der Waals surface area contributed by atoms with Gasteiger partial charge in [0.25, 0.3) is 0 Å². The lowest BCUT2D eigenvalue weighted by atomic mass is 10.1. The Morgan fingerprint density at radius 3 is 2.16 bits per heavy atom. The van der Waals surface area contributed by atoms with Gasteiger partial charge in [0.1, 0.15) is 11.1 Å². The summed E-state index contributed by atoms with van der Waals surface area (Å²) in [6.07, 6.45) is 3.95. The van der Waals surface area contributed by atoms with Gasteiger partial charge in [-0.3, -0.25) is 0 Å². The van der Waals surface area contributed by atoms with E-state index in [9.17, 15) is 5.26 Å². The number of benzene rings is 2. The smallest absolute Gasteiger partial charge is 0.134 e. The Morgan fingerprint density at radius 2 is 1.60 bits per heavy atom. The molecular formula is C22H20N2S. The van der Waals surface area contributed by atoms with Crippen molar-refractivity contribution in [3.63, 3.8) is 0 Å². The van der Waals surface area contributed by atoms with Crippen molar-refractivity contribution in [2.45, 2.75) is 26.7 Å². The second-order valence-electron chi connectivity index (χ2n) is 5.85. The third-order valence-electron chi connectivity index (χ3n) is 4.21. The molecule has 0 unspecified atom stereocenters. The van der Waals surface area contributed by atoms with E-state index in [1.807, 2.05) is 23.6 Å². The van der Waals surface area contributed by atoms with Gasteiger partial charge in [-0.15, -0.1) is 11.3 Å². The van der Waals surface area contributed by atoms with Crippen molar-refractivity contribution in [2.24, 2.45) is 0 Å². The van der Waals surface area contributed by atoms with Gasteiger partial charge in [-0.1, -0.05) is 62.4 Å². The van der Waals surface area contributed by atoms with Crippen LogP contribution in [0.3, 0.4) is 0 Å². The summed E-state index contributed by atoms with van der Waals surface area (Å²) in [5.74, 6) is 0. The standard InChI is InChI=1S/C22H20N2S/c1-3-16-5-7-18(8-6-16)13-20(14-23)22-24-21(15-25-22)19-11-9-17(4-2)10-12-19/h5-13,15H,3-4H2,1-2H3. The van der Waals surface area contributed by atoms with Crippen LogP contribution in [0.5, 0.6) is 0 Å². The predicted molar refractivity (Wildman–Crippen MR) is 106 cm³/mol. The Balaban J connectivity index is 1.87. The summed E-state index contributed by atoms with van der Waals surface area (Å²) in [6, 6.07) is 19.0. The fourth-order valence-electron chi connectivity index (χ4n) is 2.60. The molecule has 0 saturated heterocycles. The van der Waals surface area contributed by atoms with Crippen LogP contribution in [0.15, 0.2) is 53.9 Å². The van der Waals surface area contributed by atoms with Gasteiger partial charge in [0.2, 0.25) is 0 Å². The number of rotatable bonds is 5. The predicted octanol–water partition coefficient (Wildman–Crippen LogP) is 6.00. The van der Waals surface area contributed by atoms with Crippen LogP contribution >= 0.6 is 11.3 Å². The zero-order valence-corrected chi connectivity index (χ0v) is 15.3. The highest BCUT2D eigenvalue weighted by molar-refractivity contribution is 7.11. The average Bonchev–Trinajstić information content (AvgIpc) is 3.16. The van der Waals surface area contributed by atoms with E-state index in [0.29, 0.717) is 5.57 Å². The maximum atomic E-state index is 9.54. The summed E-state index contributed by atoms with van der Waals surface area (Å²) >= 11 is 1.51. The summed E-state index contributed by atoms with van der Waals surface area (Å²) in [5, 5.41) is 12.3. The van der Waals surface area contributed by atoms with Crippen LogP contribution in [0, 0.1) is 11.3 Å². The van der Waals surface area contributed by atoms with Crippen LogP contribution < -0.4 is 0 Å². The first-order valence-electron chi connectivity index (χ1n) is 8.49. The van der Waals surface area contributed by atoms with Gasteiger partial charge >= 0.3 is 0 Å².